The van der Waals surface area contributed by atoms with E-state index in [0.717, 1.165) is 22.6 Å². The number of anilines is 3. The van der Waals surface area contributed by atoms with Crippen molar-refractivity contribution in [1.29, 1.82) is 0 Å². The second-order valence-corrected chi connectivity index (χ2v) is 11.8. The zero-order valence-corrected chi connectivity index (χ0v) is 22.5. The fourth-order valence-electron chi connectivity index (χ4n) is 5.46. The molecule has 0 atom stereocenters. The first kappa shape index (κ1) is 22.5. The maximum atomic E-state index is 4.65. The Labute approximate surface area is 234 Å². The molecule has 0 radical (unpaired) electrons. The van der Waals surface area contributed by atoms with E-state index in [0.29, 0.717) is 0 Å². The smallest absolute Gasteiger partial charge is 0.0888 e. The number of pyridine rings is 1. The van der Waals surface area contributed by atoms with Crippen molar-refractivity contribution in [2.45, 2.75) is 0 Å². The molecule has 8 aromatic rings. The van der Waals surface area contributed by atoms with Gasteiger partial charge in [-0.2, -0.15) is 0 Å². The molecule has 0 saturated carbocycles. The Bertz CT molecular complexity index is 2010. The quantitative estimate of drug-likeness (QED) is 0.223. The Morgan fingerprint density at radius 1 is 0.436 bits per heavy atom. The van der Waals surface area contributed by atoms with Gasteiger partial charge in [-0.3, -0.25) is 4.98 Å². The van der Waals surface area contributed by atoms with Gasteiger partial charge in [-0.15, -0.1) is 22.7 Å². The van der Waals surface area contributed by atoms with Gasteiger partial charge in [0, 0.05) is 53.5 Å². The number of hydrogen-bond acceptors (Lipinski definition) is 4. The maximum absolute atomic E-state index is 4.65. The molecule has 3 heterocycles. The summed E-state index contributed by atoms with van der Waals surface area (Å²) in [5.74, 6) is 0. The van der Waals surface area contributed by atoms with Gasteiger partial charge in [0.25, 0.3) is 0 Å². The molecule has 184 valence electrons. The summed E-state index contributed by atoms with van der Waals surface area (Å²) in [6, 6.07) is 45.9. The minimum Gasteiger partial charge on any atom is -0.310 e. The molecule has 0 spiro atoms. The lowest BCUT2D eigenvalue weighted by Crippen LogP contribution is -2.09. The van der Waals surface area contributed by atoms with E-state index in [4.69, 9.17) is 0 Å². The van der Waals surface area contributed by atoms with E-state index >= 15 is 0 Å². The predicted molar refractivity (Wildman–Crippen MR) is 170 cm³/mol. The van der Waals surface area contributed by atoms with E-state index < -0.39 is 0 Å². The Balaban J connectivity index is 1.31. The third-order valence-electron chi connectivity index (χ3n) is 7.32. The van der Waals surface area contributed by atoms with Gasteiger partial charge in [-0.05, 0) is 71.8 Å². The summed E-state index contributed by atoms with van der Waals surface area (Å²) in [6.07, 6.45) is 1.88. The summed E-state index contributed by atoms with van der Waals surface area (Å²) < 4.78 is 5.08. The highest BCUT2D eigenvalue weighted by molar-refractivity contribution is 7.26. The van der Waals surface area contributed by atoms with Crippen LogP contribution in [0.25, 0.3) is 51.6 Å². The van der Waals surface area contributed by atoms with Crippen LogP contribution in [0.3, 0.4) is 0 Å². The monoisotopic (exact) mass is 534 g/mol. The zero-order chi connectivity index (χ0) is 25.8. The summed E-state index contributed by atoms with van der Waals surface area (Å²) in [5, 5.41) is 3.84. The highest BCUT2D eigenvalue weighted by Gasteiger charge is 2.17. The van der Waals surface area contributed by atoms with Crippen molar-refractivity contribution in [3.05, 3.63) is 134 Å². The topological polar surface area (TPSA) is 16.1 Å². The molecule has 0 unspecified atom stereocenters. The van der Waals surface area contributed by atoms with Gasteiger partial charge < -0.3 is 4.90 Å². The minimum atomic E-state index is 1.08. The van der Waals surface area contributed by atoms with Crippen LogP contribution in [-0.4, -0.2) is 4.98 Å². The fourth-order valence-corrected chi connectivity index (χ4v) is 7.69. The molecule has 3 aromatic heterocycles. The average Bonchev–Trinajstić information content (AvgIpc) is 3.56. The second kappa shape index (κ2) is 9.05. The van der Waals surface area contributed by atoms with Gasteiger partial charge in [0.2, 0.25) is 0 Å². The highest BCUT2D eigenvalue weighted by Crippen LogP contribution is 2.43. The molecule has 39 heavy (non-hydrogen) atoms. The molecule has 0 fully saturated rings. The number of thiophene rings is 2. The molecule has 0 aliphatic carbocycles. The molecule has 2 nitrogen and oxygen atoms in total. The van der Waals surface area contributed by atoms with Gasteiger partial charge >= 0.3 is 0 Å². The SMILES string of the molecule is c1ccc(-c2ccc(N(c3ccc4c(c3)sc3ccccc34)c3ccc4c(c3)sc3cccnc34)cc2)cc1. The van der Waals surface area contributed by atoms with Crippen molar-refractivity contribution in [3.63, 3.8) is 0 Å². The third kappa shape index (κ3) is 3.80. The van der Waals surface area contributed by atoms with Gasteiger partial charge in [0.05, 0.1) is 10.2 Å². The van der Waals surface area contributed by atoms with Crippen molar-refractivity contribution in [2.75, 3.05) is 4.90 Å². The first-order valence-corrected chi connectivity index (χ1v) is 14.6. The van der Waals surface area contributed by atoms with E-state index in [1.54, 1.807) is 11.3 Å². The lowest BCUT2D eigenvalue weighted by atomic mass is 10.0. The van der Waals surface area contributed by atoms with E-state index in [1.165, 1.54) is 46.1 Å². The summed E-state index contributed by atoms with van der Waals surface area (Å²) in [7, 11) is 0. The Hall–Kier alpha value is -4.51. The molecule has 0 aliphatic rings. The van der Waals surface area contributed by atoms with Crippen molar-refractivity contribution < 1.29 is 0 Å². The first-order chi connectivity index (χ1) is 19.3. The van der Waals surface area contributed by atoms with E-state index in [9.17, 15) is 0 Å². The minimum absolute atomic E-state index is 1.08. The van der Waals surface area contributed by atoms with Crippen LogP contribution in [0.2, 0.25) is 0 Å². The number of fused-ring (bicyclic) bond motifs is 6. The number of hydrogen-bond donors (Lipinski definition) is 0. The van der Waals surface area contributed by atoms with Gasteiger partial charge in [-0.25, -0.2) is 0 Å². The Kier molecular flexibility index (Phi) is 5.22. The lowest BCUT2D eigenvalue weighted by Gasteiger charge is -2.26. The van der Waals surface area contributed by atoms with Gasteiger partial charge in [0.1, 0.15) is 0 Å². The zero-order valence-electron chi connectivity index (χ0n) is 20.9. The van der Waals surface area contributed by atoms with E-state index in [2.05, 4.69) is 131 Å². The van der Waals surface area contributed by atoms with Gasteiger partial charge in [0.15, 0.2) is 0 Å². The van der Waals surface area contributed by atoms with Crippen molar-refractivity contribution in [3.8, 4) is 11.1 Å². The summed E-state index contributed by atoms with van der Waals surface area (Å²) >= 11 is 3.66. The molecule has 8 rings (SSSR count). The molecule has 4 heteroatoms. The first-order valence-electron chi connectivity index (χ1n) is 13.0. The Morgan fingerprint density at radius 3 is 1.85 bits per heavy atom. The highest BCUT2D eigenvalue weighted by atomic mass is 32.1. The van der Waals surface area contributed by atoms with Crippen molar-refractivity contribution >= 4 is 80.2 Å². The van der Waals surface area contributed by atoms with Crippen LogP contribution in [0.4, 0.5) is 17.1 Å². The third-order valence-corrected chi connectivity index (χ3v) is 9.56. The molecular formula is C35H22N2S2. The van der Waals surface area contributed by atoms with Crippen LogP contribution >= 0.6 is 22.7 Å². The van der Waals surface area contributed by atoms with E-state index in [1.807, 2.05) is 23.6 Å². The molecule has 0 aliphatic heterocycles. The fraction of sp³-hybridized carbons (Fsp3) is 0. The van der Waals surface area contributed by atoms with E-state index in [-0.39, 0.29) is 0 Å². The molecule has 5 aromatic carbocycles. The molecule has 0 amide bonds. The number of benzene rings is 5. The van der Waals surface area contributed by atoms with Crippen LogP contribution in [0.15, 0.2) is 134 Å². The van der Waals surface area contributed by atoms with Crippen molar-refractivity contribution in [1.82, 2.24) is 4.98 Å². The van der Waals surface area contributed by atoms with Crippen LogP contribution < -0.4 is 4.90 Å². The van der Waals surface area contributed by atoms with Crippen LogP contribution in [0.5, 0.6) is 0 Å². The summed E-state index contributed by atoms with van der Waals surface area (Å²) in [5.41, 5.74) is 6.94. The predicted octanol–water partition coefficient (Wildman–Crippen LogP) is 11.0. The van der Waals surface area contributed by atoms with Crippen LogP contribution in [-0.2, 0) is 0 Å². The number of aromatic nitrogens is 1. The molecule has 0 bridgehead atoms. The van der Waals surface area contributed by atoms with Crippen LogP contribution in [0, 0.1) is 0 Å². The van der Waals surface area contributed by atoms with Gasteiger partial charge in [-0.1, -0.05) is 66.7 Å². The van der Waals surface area contributed by atoms with Crippen molar-refractivity contribution in [2.24, 2.45) is 0 Å². The molecule has 0 N–H and O–H groups in total. The maximum Gasteiger partial charge on any atom is 0.0888 e. The molecular weight excluding hydrogens is 513 g/mol. The van der Waals surface area contributed by atoms with Crippen LogP contribution in [0.1, 0.15) is 0 Å². The lowest BCUT2D eigenvalue weighted by molar-refractivity contribution is 1.30. The standard InChI is InChI=1S/C35H22N2S2/c1-2-7-23(8-3-1)24-12-14-25(15-13-24)37(26-16-18-29-28-9-4-5-10-31(28)38-33(29)21-26)27-17-19-30-34(22-27)39-32-11-6-20-36-35(30)32/h1-22H. The largest absolute Gasteiger partial charge is 0.310 e. The average molecular weight is 535 g/mol. The normalized spacial score (nSPS) is 11.6. The molecule has 0 saturated heterocycles. The Morgan fingerprint density at radius 2 is 1.03 bits per heavy atom. The number of rotatable bonds is 4. The second-order valence-electron chi connectivity index (χ2n) is 9.66. The number of nitrogens with zero attached hydrogens (tertiary/aromatic N) is 2. The summed E-state index contributed by atoms with van der Waals surface area (Å²) in [4.78, 5) is 7.02. The summed E-state index contributed by atoms with van der Waals surface area (Å²) in [6.45, 7) is 0.